The first kappa shape index (κ1) is 9.07. The van der Waals surface area contributed by atoms with Crippen molar-refractivity contribution in [1.29, 1.82) is 0 Å². The van der Waals surface area contributed by atoms with Gasteiger partial charge in [0.15, 0.2) is 5.38 Å². The third-order valence-electron chi connectivity index (χ3n) is 1.50. The van der Waals surface area contributed by atoms with Crippen LogP contribution in [0, 0.1) is 0 Å². The molecule has 1 atom stereocenters. The van der Waals surface area contributed by atoms with E-state index >= 15 is 0 Å². The number of esters is 1. The highest BCUT2D eigenvalue weighted by Gasteiger charge is 2.16. The van der Waals surface area contributed by atoms with E-state index in [2.05, 4.69) is 4.74 Å². The van der Waals surface area contributed by atoms with Crippen LogP contribution in [0.25, 0.3) is 0 Å². The van der Waals surface area contributed by atoms with Crippen LogP contribution in [0.1, 0.15) is 10.9 Å². The average Bonchev–Trinajstić information content (AvgIpc) is 2.17. The summed E-state index contributed by atoms with van der Waals surface area (Å²) in [6.07, 6.45) is 0. The summed E-state index contributed by atoms with van der Waals surface area (Å²) in [4.78, 5) is 11.0. The zero-order chi connectivity index (χ0) is 8.97. The van der Waals surface area contributed by atoms with E-state index in [9.17, 15) is 4.79 Å². The van der Waals surface area contributed by atoms with Gasteiger partial charge in [0.2, 0.25) is 0 Å². The highest BCUT2D eigenvalue weighted by molar-refractivity contribution is 6.29. The van der Waals surface area contributed by atoms with E-state index < -0.39 is 11.3 Å². The van der Waals surface area contributed by atoms with Crippen LogP contribution in [0.15, 0.2) is 30.3 Å². The fourth-order valence-electron chi connectivity index (χ4n) is 0.862. The molecule has 0 aliphatic carbocycles. The lowest BCUT2D eigenvalue weighted by Crippen LogP contribution is -2.08. The molecule has 2 nitrogen and oxygen atoms in total. The SMILES string of the molecule is COC(=O)[C@H](Cl)c1ccccc1. The predicted octanol–water partition coefficient (Wildman–Crippen LogP) is 2.14. The molecule has 1 rings (SSSR count). The lowest BCUT2D eigenvalue weighted by Gasteiger charge is -2.05. The van der Waals surface area contributed by atoms with Crippen LogP contribution in [0.2, 0.25) is 0 Å². The van der Waals surface area contributed by atoms with Crippen molar-refractivity contribution in [2.45, 2.75) is 5.38 Å². The number of benzene rings is 1. The van der Waals surface area contributed by atoms with Gasteiger partial charge >= 0.3 is 5.97 Å². The zero-order valence-electron chi connectivity index (χ0n) is 6.66. The van der Waals surface area contributed by atoms with E-state index in [1.54, 1.807) is 12.1 Å². The highest BCUT2D eigenvalue weighted by Crippen LogP contribution is 2.20. The lowest BCUT2D eigenvalue weighted by atomic mass is 10.1. The van der Waals surface area contributed by atoms with Gasteiger partial charge in [-0.1, -0.05) is 30.3 Å². The maximum Gasteiger partial charge on any atom is 0.328 e. The first-order chi connectivity index (χ1) is 5.75. The summed E-state index contributed by atoms with van der Waals surface area (Å²) in [5.41, 5.74) is 0.756. The smallest absolute Gasteiger partial charge is 0.328 e. The van der Waals surface area contributed by atoms with Gasteiger partial charge in [0.25, 0.3) is 0 Å². The maximum absolute atomic E-state index is 11.0. The van der Waals surface area contributed by atoms with Gasteiger partial charge < -0.3 is 4.74 Å². The van der Waals surface area contributed by atoms with Gasteiger partial charge in [-0.25, -0.2) is 0 Å². The molecule has 3 heteroatoms. The summed E-state index contributed by atoms with van der Waals surface area (Å²) in [7, 11) is 1.32. The molecule has 0 saturated carbocycles. The molecule has 0 aliphatic rings. The summed E-state index contributed by atoms with van der Waals surface area (Å²) in [6.45, 7) is 0. The topological polar surface area (TPSA) is 26.3 Å². The van der Waals surface area contributed by atoms with Gasteiger partial charge in [0.1, 0.15) is 0 Å². The van der Waals surface area contributed by atoms with E-state index in [0.717, 1.165) is 5.56 Å². The maximum atomic E-state index is 11.0. The van der Waals surface area contributed by atoms with Crippen LogP contribution in [0.3, 0.4) is 0 Å². The van der Waals surface area contributed by atoms with Crippen molar-refractivity contribution in [3.8, 4) is 0 Å². The Morgan fingerprint density at radius 1 is 1.42 bits per heavy atom. The predicted molar refractivity (Wildman–Crippen MR) is 47.1 cm³/mol. The Kier molecular flexibility index (Phi) is 3.11. The molecule has 0 bridgehead atoms. The quantitative estimate of drug-likeness (QED) is 0.520. The lowest BCUT2D eigenvalue weighted by molar-refractivity contribution is -0.140. The average molecular weight is 185 g/mol. The van der Waals surface area contributed by atoms with Crippen LogP contribution in [-0.2, 0) is 9.53 Å². The van der Waals surface area contributed by atoms with Crippen molar-refractivity contribution in [2.24, 2.45) is 0 Å². The number of carbonyl (C=O) groups is 1. The largest absolute Gasteiger partial charge is 0.468 e. The Balaban J connectivity index is 2.78. The Morgan fingerprint density at radius 2 is 2.00 bits per heavy atom. The first-order valence-electron chi connectivity index (χ1n) is 3.52. The molecule has 0 heterocycles. The van der Waals surface area contributed by atoms with Crippen molar-refractivity contribution in [1.82, 2.24) is 0 Å². The molecule has 1 aromatic rings. The number of carbonyl (C=O) groups excluding carboxylic acids is 1. The second-order valence-corrected chi connectivity index (χ2v) is 2.73. The molecule has 0 unspecified atom stereocenters. The summed E-state index contributed by atoms with van der Waals surface area (Å²) in [5.74, 6) is -0.428. The minimum atomic E-state index is -0.698. The molecule has 0 N–H and O–H groups in total. The molecule has 0 saturated heterocycles. The minimum Gasteiger partial charge on any atom is -0.468 e. The molecule has 0 aromatic heterocycles. The van der Waals surface area contributed by atoms with E-state index in [0.29, 0.717) is 0 Å². The van der Waals surface area contributed by atoms with Gasteiger partial charge in [0, 0.05) is 0 Å². The fraction of sp³-hybridized carbons (Fsp3) is 0.222. The van der Waals surface area contributed by atoms with E-state index in [1.807, 2.05) is 18.2 Å². The second-order valence-electron chi connectivity index (χ2n) is 2.30. The summed E-state index contributed by atoms with van der Waals surface area (Å²) >= 11 is 5.78. The number of methoxy groups -OCH3 is 1. The van der Waals surface area contributed by atoms with Crippen LogP contribution in [0.4, 0.5) is 0 Å². The van der Waals surface area contributed by atoms with Gasteiger partial charge in [0.05, 0.1) is 7.11 Å². The van der Waals surface area contributed by atoms with Gasteiger partial charge in [-0.3, -0.25) is 4.79 Å². The van der Waals surface area contributed by atoms with Crippen molar-refractivity contribution >= 4 is 17.6 Å². The molecule has 12 heavy (non-hydrogen) atoms. The normalized spacial score (nSPS) is 12.2. The van der Waals surface area contributed by atoms with Crippen LogP contribution >= 0.6 is 11.6 Å². The fourth-order valence-corrected chi connectivity index (χ4v) is 1.10. The highest BCUT2D eigenvalue weighted by atomic mass is 35.5. The zero-order valence-corrected chi connectivity index (χ0v) is 7.41. The van der Waals surface area contributed by atoms with E-state index in [4.69, 9.17) is 11.6 Å². The van der Waals surface area contributed by atoms with Crippen molar-refractivity contribution in [3.05, 3.63) is 35.9 Å². The number of alkyl halides is 1. The molecule has 0 amide bonds. The molecule has 0 spiro atoms. The Bertz CT molecular complexity index is 258. The van der Waals surface area contributed by atoms with Crippen molar-refractivity contribution in [2.75, 3.05) is 7.11 Å². The molecule has 0 fully saturated rings. The first-order valence-corrected chi connectivity index (χ1v) is 3.96. The molecule has 0 aliphatic heterocycles. The van der Waals surface area contributed by atoms with Crippen LogP contribution in [0.5, 0.6) is 0 Å². The van der Waals surface area contributed by atoms with Gasteiger partial charge in [-0.05, 0) is 5.56 Å². The number of halogens is 1. The van der Waals surface area contributed by atoms with Gasteiger partial charge in [-0.15, -0.1) is 11.6 Å². The molecule has 1 aromatic carbocycles. The van der Waals surface area contributed by atoms with Crippen molar-refractivity contribution in [3.63, 3.8) is 0 Å². The van der Waals surface area contributed by atoms with E-state index in [-0.39, 0.29) is 0 Å². The monoisotopic (exact) mass is 184 g/mol. The summed E-state index contributed by atoms with van der Waals surface area (Å²) in [6, 6.07) is 9.09. The summed E-state index contributed by atoms with van der Waals surface area (Å²) in [5, 5.41) is -0.698. The summed E-state index contributed by atoms with van der Waals surface area (Å²) < 4.78 is 4.50. The van der Waals surface area contributed by atoms with Crippen LogP contribution < -0.4 is 0 Å². The molecule has 64 valence electrons. The number of hydrogen-bond acceptors (Lipinski definition) is 2. The Morgan fingerprint density at radius 3 is 2.50 bits per heavy atom. The number of hydrogen-bond donors (Lipinski definition) is 0. The molecule has 0 radical (unpaired) electrons. The minimum absolute atomic E-state index is 0.428. The van der Waals surface area contributed by atoms with Crippen molar-refractivity contribution < 1.29 is 9.53 Å². The van der Waals surface area contributed by atoms with Gasteiger partial charge in [-0.2, -0.15) is 0 Å². The number of rotatable bonds is 2. The Hall–Kier alpha value is -1.02. The molecular weight excluding hydrogens is 176 g/mol. The standard InChI is InChI=1S/C9H9ClO2/c1-12-9(11)8(10)7-5-3-2-4-6-7/h2-6,8H,1H3/t8-/m1/s1. The third-order valence-corrected chi connectivity index (χ3v) is 1.93. The Labute approximate surface area is 76.1 Å². The molecular formula is C9H9ClO2. The second kappa shape index (κ2) is 4.12. The van der Waals surface area contributed by atoms with Crippen LogP contribution in [-0.4, -0.2) is 13.1 Å². The van der Waals surface area contributed by atoms with E-state index in [1.165, 1.54) is 7.11 Å². The third kappa shape index (κ3) is 1.98. The number of ether oxygens (including phenoxy) is 1.